The fourth-order valence-corrected chi connectivity index (χ4v) is 2.29. The molecule has 94 valence electrons. The molecule has 2 unspecified atom stereocenters. The normalized spacial score (nSPS) is 31.7. The third-order valence-electron chi connectivity index (χ3n) is 2.73. The Morgan fingerprint density at radius 3 is 2.33 bits per heavy atom. The Bertz CT molecular complexity index is 508. The molecule has 3 rings (SSSR count). The summed E-state index contributed by atoms with van der Waals surface area (Å²) in [7, 11) is 0. The second-order valence-electron chi connectivity index (χ2n) is 3.86. The van der Waals surface area contributed by atoms with Gasteiger partial charge < -0.3 is 14.5 Å². The van der Waals surface area contributed by atoms with Crippen LogP contribution in [0.15, 0.2) is 42.7 Å². The molecular formula is C12H10Cl2N2O2. The van der Waals surface area contributed by atoms with E-state index in [1.54, 1.807) is 12.4 Å². The maximum atomic E-state index is 5.99. The van der Waals surface area contributed by atoms with Crippen molar-refractivity contribution >= 4 is 23.2 Å². The second kappa shape index (κ2) is 4.55. The van der Waals surface area contributed by atoms with Gasteiger partial charge in [-0.2, -0.15) is 0 Å². The molecule has 4 nitrogen and oxygen atoms in total. The maximum absolute atomic E-state index is 5.99. The third-order valence-corrected chi connectivity index (χ3v) is 3.49. The van der Waals surface area contributed by atoms with Crippen molar-refractivity contribution in [1.29, 1.82) is 0 Å². The average molecular weight is 285 g/mol. The van der Waals surface area contributed by atoms with Crippen LogP contribution in [0.4, 0.5) is 0 Å². The predicted molar refractivity (Wildman–Crippen MR) is 67.3 cm³/mol. The summed E-state index contributed by atoms with van der Waals surface area (Å²) in [5.41, 5.74) is -0.692. The lowest BCUT2D eigenvalue weighted by Crippen LogP contribution is -2.30. The van der Waals surface area contributed by atoms with Crippen molar-refractivity contribution in [1.82, 2.24) is 9.97 Å². The summed E-state index contributed by atoms with van der Waals surface area (Å²) in [4.78, 5) is 7.17. The topological polar surface area (TPSA) is 47.1 Å². The summed E-state index contributed by atoms with van der Waals surface area (Å²) >= 11 is 12.0. The lowest BCUT2D eigenvalue weighted by molar-refractivity contribution is -0.143. The van der Waals surface area contributed by atoms with Crippen LogP contribution < -0.4 is 0 Å². The lowest BCUT2D eigenvalue weighted by atomic mass is 10.1. The molecule has 0 saturated carbocycles. The molecule has 1 N–H and O–H groups in total. The number of aromatic nitrogens is 2. The monoisotopic (exact) mass is 284 g/mol. The molecule has 1 aliphatic heterocycles. The molecule has 1 aromatic heterocycles. The number of halogens is 2. The van der Waals surface area contributed by atoms with Gasteiger partial charge in [0, 0.05) is 18.0 Å². The molecule has 2 heterocycles. The zero-order valence-electron chi connectivity index (χ0n) is 9.22. The van der Waals surface area contributed by atoms with Gasteiger partial charge >= 0.3 is 0 Å². The number of ether oxygens (including phenoxy) is 2. The third kappa shape index (κ3) is 1.82. The van der Waals surface area contributed by atoms with E-state index in [9.17, 15) is 0 Å². The molecule has 1 saturated heterocycles. The van der Waals surface area contributed by atoms with Crippen molar-refractivity contribution in [3.63, 3.8) is 0 Å². The van der Waals surface area contributed by atoms with Gasteiger partial charge in [0.2, 0.25) is 0 Å². The average Bonchev–Trinajstić information content (AvgIpc) is 3.01. The predicted octanol–water partition coefficient (Wildman–Crippen LogP) is 2.79. The SMILES string of the molecule is ClC1OC(c2ccccc2)(c2ncc[nH]2)OC1Cl. The molecule has 1 fully saturated rings. The van der Waals surface area contributed by atoms with Gasteiger partial charge in [0.05, 0.1) is 0 Å². The van der Waals surface area contributed by atoms with E-state index in [2.05, 4.69) is 9.97 Å². The van der Waals surface area contributed by atoms with Crippen LogP contribution in [0.5, 0.6) is 0 Å². The van der Waals surface area contributed by atoms with E-state index in [4.69, 9.17) is 32.7 Å². The first-order valence-electron chi connectivity index (χ1n) is 5.41. The number of alkyl halides is 2. The zero-order valence-corrected chi connectivity index (χ0v) is 10.7. The number of hydrogen-bond acceptors (Lipinski definition) is 3. The molecule has 0 amide bonds. The van der Waals surface area contributed by atoms with Gasteiger partial charge in [-0.15, -0.1) is 0 Å². The van der Waals surface area contributed by atoms with Crippen LogP contribution in [0, 0.1) is 0 Å². The fourth-order valence-electron chi connectivity index (χ4n) is 1.94. The lowest BCUT2D eigenvalue weighted by Gasteiger charge is -2.25. The molecule has 0 spiro atoms. The zero-order chi connectivity index (χ0) is 12.6. The molecule has 6 heteroatoms. The van der Waals surface area contributed by atoms with Crippen molar-refractivity contribution in [3.8, 4) is 0 Å². The van der Waals surface area contributed by atoms with Crippen LogP contribution in [-0.2, 0) is 15.3 Å². The number of nitrogens with one attached hydrogen (secondary N) is 1. The fraction of sp³-hybridized carbons (Fsp3) is 0.250. The summed E-state index contributed by atoms with van der Waals surface area (Å²) in [6.45, 7) is 0. The molecule has 18 heavy (non-hydrogen) atoms. The molecule has 2 atom stereocenters. The number of nitrogens with zero attached hydrogens (tertiary/aromatic N) is 1. The minimum absolute atomic E-state index is 0.516. The van der Waals surface area contributed by atoms with E-state index in [-0.39, 0.29) is 0 Å². The van der Waals surface area contributed by atoms with Gasteiger partial charge in [-0.05, 0) is 0 Å². The Kier molecular flexibility index (Phi) is 3.03. The Morgan fingerprint density at radius 2 is 1.78 bits per heavy atom. The van der Waals surface area contributed by atoms with E-state index in [0.29, 0.717) is 5.82 Å². The summed E-state index contributed by atoms with van der Waals surface area (Å²) in [5, 5.41) is 0. The standard InChI is InChI=1S/C12H10Cl2N2O2/c13-9-10(14)18-12(17-9,11-15-6-7-16-11)8-4-2-1-3-5-8/h1-7,9-10H,(H,15,16). The maximum Gasteiger partial charge on any atom is 0.258 e. The minimum atomic E-state index is -1.18. The minimum Gasteiger partial charge on any atom is -0.344 e. The smallest absolute Gasteiger partial charge is 0.258 e. The van der Waals surface area contributed by atoms with Crippen LogP contribution in [-0.4, -0.2) is 21.1 Å². The van der Waals surface area contributed by atoms with E-state index < -0.39 is 16.9 Å². The summed E-state index contributed by atoms with van der Waals surface area (Å²) in [6.07, 6.45) is 3.31. The highest BCUT2D eigenvalue weighted by Crippen LogP contribution is 2.43. The number of H-pyrrole nitrogens is 1. The van der Waals surface area contributed by atoms with Gasteiger partial charge in [-0.1, -0.05) is 53.5 Å². The van der Waals surface area contributed by atoms with E-state index in [0.717, 1.165) is 5.56 Å². The van der Waals surface area contributed by atoms with Crippen molar-refractivity contribution in [3.05, 3.63) is 54.1 Å². The Morgan fingerprint density at radius 1 is 1.11 bits per heavy atom. The van der Waals surface area contributed by atoms with Crippen molar-refractivity contribution in [2.75, 3.05) is 0 Å². The molecule has 2 aromatic rings. The first kappa shape index (κ1) is 12.0. The van der Waals surface area contributed by atoms with Crippen LogP contribution in [0.1, 0.15) is 11.4 Å². The second-order valence-corrected chi connectivity index (χ2v) is 4.72. The van der Waals surface area contributed by atoms with Crippen molar-refractivity contribution < 1.29 is 9.47 Å². The summed E-state index contributed by atoms with van der Waals surface area (Å²) in [5.74, 6) is -0.661. The van der Waals surface area contributed by atoms with Gasteiger partial charge in [-0.25, -0.2) is 4.98 Å². The van der Waals surface area contributed by atoms with Crippen molar-refractivity contribution in [2.24, 2.45) is 0 Å². The summed E-state index contributed by atoms with van der Waals surface area (Å²) in [6, 6.07) is 9.43. The highest BCUT2D eigenvalue weighted by Gasteiger charge is 2.51. The number of hydrogen-bond donors (Lipinski definition) is 1. The van der Waals surface area contributed by atoms with E-state index >= 15 is 0 Å². The largest absolute Gasteiger partial charge is 0.344 e. The molecule has 1 aliphatic rings. The number of rotatable bonds is 2. The van der Waals surface area contributed by atoms with Crippen LogP contribution in [0.2, 0.25) is 0 Å². The van der Waals surface area contributed by atoms with Gasteiger partial charge in [-0.3, -0.25) is 0 Å². The molecule has 0 radical (unpaired) electrons. The Balaban J connectivity index is 2.11. The first-order valence-corrected chi connectivity index (χ1v) is 6.29. The molecule has 0 aliphatic carbocycles. The number of benzene rings is 1. The summed E-state index contributed by atoms with van der Waals surface area (Å²) < 4.78 is 11.4. The quantitative estimate of drug-likeness (QED) is 0.863. The Labute approximate surface area is 114 Å². The van der Waals surface area contributed by atoms with Gasteiger partial charge in [0.25, 0.3) is 5.79 Å². The first-order chi connectivity index (χ1) is 8.72. The van der Waals surface area contributed by atoms with E-state index in [1.165, 1.54) is 0 Å². The highest BCUT2D eigenvalue weighted by molar-refractivity contribution is 6.28. The van der Waals surface area contributed by atoms with Gasteiger partial charge in [0.15, 0.2) is 17.0 Å². The molecule has 1 aromatic carbocycles. The van der Waals surface area contributed by atoms with Gasteiger partial charge in [0.1, 0.15) is 0 Å². The molecule has 0 bridgehead atoms. The van der Waals surface area contributed by atoms with Crippen LogP contribution in [0.25, 0.3) is 0 Å². The molecular weight excluding hydrogens is 275 g/mol. The highest BCUT2D eigenvalue weighted by atomic mass is 35.5. The Hall–Kier alpha value is -1.07. The van der Waals surface area contributed by atoms with Crippen molar-refractivity contribution in [2.45, 2.75) is 16.9 Å². The number of imidazole rings is 1. The van der Waals surface area contributed by atoms with E-state index in [1.807, 2.05) is 30.3 Å². The van der Waals surface area contributed by atoms with Crippen LogP contribution in [0.3, 0.4) is 0 Å². The van der Waals surface area contributed by atoms with Crippen LogP contribution >= 0.6 is 23.2 Å². The number of aromatic amines is 1.